The number of aromatic nitrogens is 4. The zero-order valence-electron chi connectivity index (χ0n) is 19.5. The van der Waals surface area contributed by atoms with Crippen LogP contribution in [0, 0.1) is 23.1 Å². The third kappa shape index (κ3) is 3.76. The smallest absolute Gasteiger partial charge is 0.141 e. The van der Waals surface area contributed by atoms with Gasteiger partial charge < -0.3 is 9.88 Å². The highest BCUT2D eigenvalue weighted by Crippen LogP contribution is 2.38. The molecule has 0 spiro atoms. The first-order chi connectivity index (χ1) is 17.1. The van der Waals surface area contributed by atoms with Gasteiger partial charge in [0, 0.05) is 47.4 Å². The van der Waals surface area contributed by atoms with Crippen LogP contribution in [0.4, 0.5) is 4.39 Å². The maximum absolute atomic E-state index is 14.7. The molecule has 0 aliphatic carbocycles. The Morgan fingerprint density at radius 1 is 1.17 bits per heavy atom. The van der Waals surface area contributed by atoms with Crippen LogP contribution in [0.2, 0.25) is 0 Å². The van der Waals surface area contributed by atoms with Crippen LogP contribution in [-0.4, -0.2) is 32.4 Å². The van der Waals surface area contributed by atoms with Crippen LogP contribution in [-0.2, 0) is 13.1 Å². The van der Waals surface area contributed by atoms with Gasteiger partial charge in [0.15, 0.2) is 0 Å². The molecule has 1 atom stereocenters. The fourth-order valence-electron chi connectivity index (χ4n) is 5.12. The summed E-state index contributed by atoms with van der Waals surface area (Å²) < 4.78 is 18.9. The van der Waals surface area contributed by atoms with Crippen LogP contribution in [0.15, 0.2) is 61.1 Å². The molecule has 6 nitrogen and oxygen atoms in total. The van der Waals surface area contributed by atoms with Crippen molar-refractivity contribution >= 4 is 21.8 Å². The van der Waals surface area contributed by atoms with Crippen molar-refractivity contribution in [1.29, 1.82) is 5.26 Å². The minimum atomic E-state index is -0.524. The van der Waals surface area contributed by atoms with E-state index in [0.717, 1.165) is 71.2 Å². The molecule has 0 amide bonds. The van der Waals surface area contributed by atoms with Gasteiger partial charge in [0.2, 0.25) is 0 Å². The van der Waals surface area contributed by atoms with Crippen molar-refractivity contribution in [3.8, 4) is 28.5 Å². The van der Waals surface area contributed by atoms with Crippen LogP contribution in [0.25, 0.3) is 44.2 Å². The van der Waals surface area contributed by atoms with E-state index in [1.165, 1.54) is 6.07 Å². The van der Waals surface area contributed by atoms with E-state index in [-0.39, 0.29) is 5.56 Å². The molecule has 0 bridgehead atoms. The number of nitrogens with one attached hydrogen (secondary N) is 1. The van der Waals surface area contributed by atoms with Crippen molar-refractivity contribution in [2.75, 3.05) is 13.1 Å². The second kappa shape index (κ2) is 8.64. The van der Waals surface area contributed by atoms with Gasteiger partial charge in [-0.1, -0.05) is 12.1 Å². The molecule has 4 heterocycles. The van der Waals surface area contributed by atoms with E-state index in [2.05, 4.69) is 40.2 Å². The fraction of sp³-hybridized carbons (Fsp3) is 0.250. The molecule has 0 radical (unpaired) electrons. The zero-order valence-corrected chi connectivity index (χ0v) is 19.5. The number of hydrogen-bond acceptors (Lipinski definition) is 4. The number of nitriles is 1. The second-order valence-corrected chi connectivity index (χ2v) is 9.17. The minimum absolute atomic E-state index is 0.0372. The standard InChI is InChI=1S/C28H25FN6/c1-2-35-17-22-11-20(5-6-25(22)33-35)28-27(19-3-4-21(13-30)24(29)12-19)23-8-10-34(26(23)15-32-28)16-18-7-9-31-14-18/h3-6,8,10-12,15,17-18,31H,2,7,9,14,16H2,1H3/t18-/m1/s1. The molecule has 1 aliphatic rings. The summed E-state index contributed by atoms with van der Waals surface area (Å²) in [5.74, 6) is 0.0580. The first kappa shape index (κ1) is 21.5. The maximum atomic E-state index is 14.7. The Kier molecular flexibility index (Phi) is 5.31. The Morgan fingerprint density at radius 3 is 2.83 bits per heavy atom. The molecule has 1 N–H and O–H groups in total. The lowest BCUT2D eigenvalue weighted by atomic mass is 9.95. The van der Waals surface area contributed by atoms with Crippen molar-refractivity contribution < 1.29 is 4.39 Å². The van der Waals surface area contributed by atoms with Crippen LogP contribution in [0.3, 0.4) is 0 Å². The van der Waals surface area contributed by atoms with Crippen LogP contribution < -0.4 is 5.32 Å². The molecule has 6 rings (SSSR count). The van der Waals surface area contributed by atoms with Crippen LogP contribution in [0.5, 0.6) is 0 Å². The van der Waals surface area contributed by atoms with E-state index < -0.39 is 5.82 Å². The van der Waals surface area contributed by atoms with Crippen molar-refractivity contribution in [1.82, 2.24) is 24.6 Å². The van der Waals surface area contributed by atoms with Gasteiger partial charge in [0.05, 0.1) is 28.5 Å². The Bertz CT molecular complexity index is 1600. The van der Waals surface area contributed by atoms with E-state index in [1.54, 1.807) is 6.07 Å². The molecule has 5 aromatic rings. The minimum Gasteiger partial charge on any atom is -0.346 e. The molecule has 2 aromatic carbocycles. The third-order valence-electron chi connectivity index (χ3n) is 6.97. The van der Waals surface area contributed by atoms with Gasteiger partial charge in [-0.2, -0.15) is 10.4 Å². The van der Waals surface area contributed by atoms with Gasteiger partial charge in [0.25, 0.3) is 0 Å². The van der Waals surface area contributed by atoms with Gasteiger partial charge in [-0.3, -0.25) is 9.67 Å². The largest absolute Gasteiger partial charge is 0.346 e. The lowest BCUT2D eigenvalue weighted by molar-refractivity contribution is 0.491. The van der Waals surface area contributed by atoms with Crippen LogP contribution in [0.1, 0.15) is 18.9 Å². The molecule has 0 saturated carbocycles. The van der Waals surface area contributed by atoms with Gasteiger partial charge in [-0.25, -0.2) is 4.39 Å². The first-order valence-corrected chi connectivity index (χ1v) is 12.0. The molecule has 35 heavy (non-hydrogen) atoms. The quantitative estimate of drug-likeness (QED) is 0.380. The summed E-state index contributed by atoms with van der Waals surface area (Å²) in [6.45, 7) is 5.85. The van der Waals surface area contributed by atoms with Crippen molar-refractivity contribution in [2.24, 2.45) is 5.92 Å². The zero-order chi connectivity index (χ0) is 23.9. The van der Waals surface area contributed by atoms with Crippen molar-refractivity contribution in [2.45, 2.75) is 26.4 Å². The van der Waals surface area contributed by atoms with E-state index >= 15 is 0 Å². The monoisotopic (exact) mass is 464 g/mol. The topological polar surface area (TPSA) is 71.5 Å². The highest BCUT2D eigenvalue weighted by molar-refractivity contribution is 6.02. The predicted molar refractivity (Wildman–Crippen MR) is 135 cm³/mol. The second-order valence-electron chi connectivity index (χ2n) is 9.17. The number of halogens is 1. The molecular formula is C28H25FN6. The first-order valence-electron chi connectivity index (χ1n) is 12.0. The average molecular weight is 465 g/mol. The molecule has 1 fully saturated rings. The summed E-state index contributed by atoms with van der Waals surface area (Å²) in [5, 5.41) is 19.3. The van der Waals surface area contributed by atoms with Crippen molar-refractivity contribution in [3.05, 3.63) is 72.4 Å². The Labute approximate surface area is 202 Å². The molecule has 1 aliphatic heterocycles. The number of aryl methyl sites for hydroxylation is 1. The number of nitrogens with zero attached hydrogens (tertiary/aromatic N) is 5. The van der Waals surface area contributed by atoms with Gasteiger partial charge in [-0.05, 0) is 68.2 Å². The summed E-state index contributed by atoms with van der Waals surface area (Å²) in [4.78, 5) is 4.92. The lowest BCUT2D eigenvalue weighted by Gasteiger charge is -2.14. The molecule has 174 valence electrons. The maximum Gasteiger partial charge on any atom is 0.141 e. The van der Waals surface area contributed by atoms with E-state index in [4.69, 9.17) is 4.98 Å². The van der Waals surface area contributed by atoms with Gasteiger partial charge in [0.1, 0.15) is 11.9 Å². The Hall–Kier alpha value is -4.02. The predicted octanol–water partition coefficient (Wildman–Crippen LogP) is 5.36. The van der Waals surface area contributed by atoms with Gasteiger partial charge in [-0.15, -0.1) is 0 Å². The molecular weight excluding hydrogens is 439 g/mol. The number of pyridine rings is 1. The fourth-order valence-corrected chi connectivity index (χ4v) is 5.12. The number of hydrogen-bond donors (Lipinski definition) is 1. The Balaban J connectivity index is 1.55. The number of fused-ring (bicyclic) bond motifs is 2. The summed E-state index contributed by atoms with van der Waals surface area (Å²) in [6.07, 6.45) is 7.22. The molecule has 0 unspecified atom stereocenters. The van der Waals surface area contributed by atoms with Gasteiger partial charge >= 0.3 is 0 Å². The summed E-state index contributed by atoms with van der Waals surface area (Å²) in [5.41, 5.74) is 5.31. The van der Waals surface area contributed by atoms with E-state index in [1.807, 2.05) is 41.3 Å². The highest BCUT2D eigenvalue weighted by atomic mass is 19.1. The molecule has 1 saturated heterocycles. The molecule has 7 heteroatoms. The third-order valence-corrected chi connectivity index (χ3v) is 6.97. The average Bonchev–Trinajstić information content (AvgIpc) is 3.63. The van der Waals surface area contributed by atoms with E-state index in [0.29, 0.717) is 11.5 Å². The number of rotatable bonds is 5. The summed E-state index contributed by atoms with van der Waals surface area (Å²) in [7, 11) is 0. The number of benzene rings is 2. The van der Waals surface area contributed by atoms with Crippen molar-refractivity contribution in [3.63, 3.8) is 0 Å². The Morgan fingerprint density at radius 2 is 2.06 bits per heavy atom. The van der Waals surface area contributed by atoms with Crippen LogP contribution >= 0.6 is 0 Å². The lowest BCUT2D eigenvalue weighted by Crippen LogP contribution is -2.14. The summed E-state index contributed by atoms with van der Waals surface area (Å²) >= 11 is 0. The normalized spacial score (nSPS) is 15.7. The van der Waals surface area contributed by atoms with E-state index in [9.17, 15) is 9.65 Å². The summed E-state index contributed by atoms with van der Waals surface area (Å²) in [6, 6.07) is 14.9. The SMILES string of the molecule is CCn1cc2cc(-c3ncc4c(ccn4C[C@@H]4CCNC4)c3-c3ccc(C#N)c(F)c3)ccc2n1. The molecule has 3 aromatic heterocycles. The highest BCUT2D eigenvalue weighted by Gasteiger charge is 2.20.